The average molecular weight is 378 g/mol. The maximum Gasteiger partial charge on any atom is 0.253 e. The van der Waals surface area contributed by atoms with Crippen LogP contribution >= 0.6 is 27.5 Å². The molecule has 3 nitrogen and oxygen atoms in total. The van der Waals surface area contributed by atoms with Crippen LogP contribution in [0.2, 0.25) is 5.02 Å². The quantitative estimate of drug-likeness (QED) is 0.715. The standard InChI is InChI=1S/C17H14BrClN2O/c1-21-10-15(14-7-4-12(18)8-16(14)21)17(22)20-9-11-2-5-13(19)6-3-11/h2-8,10H,9H2,1H3,(H,20,22). The second-order valence-electron chi connectivity index (χ2n) is 5.12. The number of fused-ring (bicyclic) bond motifs is 1. The van der Waals surface area contributed by atoms with E-state index in [1.807, 2.05) is 60.3 Å². The topological polar surface area (TPSA) is 34.0 Å². The first kappa shape index (κ1) is 15.1. The van der Waals surface area contributed by atoms with Crippen LogP contribution in [0.5, 0.6) is 0 Å². The van der Waals surface area contributed by atoms with Gasteiger partial charge in [-0.25, -0.2) is 0 Å². The van der Waals surface area contributed by atoms with Crippen molar-refractivity contribution in [1.29, 1.82) is 0 Å². The van der Waals surface area contributed by atoms with Crippen molar-refractivity contribution in [2.24, 2.45) is 7.05 Å². The van der Waals surface area contributed by atoms with Crippen molar-refractivity contribution in [2.45, 2.75) is 6.54 Å². The number of rotatable bonds is 3. The summed E-state index contributed by atoms with van der Waals surface area (Å²) in [6.07, 6.45) is 1.86. The number of nitrogens with zero attached hydrogens (tertiary/aromatic N) is 1. The van der Waals surface area contributed by atoms with E-state index in [2.05, 4.69) is 21.2 Å². The SMILES string of the molecule is Cn1cc(C(=O)NCc2ccc(Cl)cc2)c2ccc(Br)cc21. The zero-order valence-electron chi connectivity index (χ0n) is 11.9. The molecule has 112 valence electrons. The van der Waals surface area contributed by atoms with Crippen molar-refractivity contribution < 1.29 is 4.79 Å². The highest BCUT2D eigenvalue weighted by Crippen LogP contribution is 2.24. The van der Waals surface area contributed by atoms with Gasteiger partial charge in [0.05, 0.1) is 5.56 Å². The molecule has 0 bridgehead atoms. The number of hydrogen-bond acceptors (Lipinski definition) is 1. The Labute approximate surface area is 142 Å². The summed E-state index contributed by atoms with van der Waals surface area (Å²) in [6, 6.07) is 13.4. The Kier molecular flexibility index (Phi) is 4.23. The lowest BCUT2D eigenvalue weighted by Crippen LogP contribution is -2.22. The molecule has 0 aliphatic heterocycles. The average Bonchev–Trinajstić information content (AvgIpc) is 2.83. The number of carbonyl (C=O) groups is 1. The number of amides is 1. The highest BCUT2D eigenvalue weighted by molar-refractivity contribution is 9.10. The van der Waals surface area contributed by atoms with E-state index < -0.39 is 0 Å². The van der Waals surface area contributed by atoms with Gasteiger partial charge >= 0.3 is 0 Å². The van der Waals surface area contributed by atoms with Gasteiger partial charge in [0.25, 0.3) is 5.91 Å². The van der Waals surface area contributed by atoms with Crippen LogP contribution < -0.4 is 5.32 Å². The summed E-state index contributed by atoms with van der Waals surface area (Å²) in [7, 11) is 1.94. The zero-order chi connectivity index (χ0) is 15.7. The van der Waals surface area contributed by atoms with Crippen molar-refractivity contribution in [3.05, 3.63) is 69.3 Å². The number of carbonyl (C=O) groups excluding carboxylic acids is 1. The Bertz CT molecular complexity index is 840. The molecule has 0 saturated heterocycles. The monoisotopic (exact) mass is 376 g/mol. The first-order valence-corrected chi connectivity index (χ1v) is 7.99. The third-order valence-corrected chi connectivity index (χ3v) is 4.31. The van der Waals surface area contributed by atoms with E-state index in [4.69, 9.17) is 11.6 Å². The van der Waals surface area contributed by atoms with Gasteiger partial charge in [-0.1, -0.05) is 45.7 Å². The second kappa shape index (κ2) is 6.15. The number of benzene rings is 2. The maximum atomic E-state index is 12.4. The van der Waals surface area contributed by atoms with Gasteiger partial charge in [0.1, 0.15) is 0 Å². The van der Waals surface area contributed by atoms with Gasteiger partial charge in [0, 0.05) is 40.2 Å². The van der Waals surface area contributed by atoms with Gasteiger partial charge in [0.2, 0.25) is 0 Å². The predicted molar refractivity (Wildman–Crippen MR) is 93.2 cm³/mol. The first-order valence-electron chi connectivity index (χ1n) is 6.82. The fourth-order valence-corrected chi connectivity index (χ4v) is 2.89. The molecular formula is C17H14BrClN2O. The maximum absolute atomic E-state index is 12.4. The highest BCUT2D eigenvalue weighted by Gasteiger charge is 2.13. The van der Waals surface area contributed by atoms with E-state index in [-0.39, 0.29) is 5.91 Å². The molecule has 22 heavy (non-hydrogen) atoms. The molecule has 5 heteroatoms. The van der Waals surface area contributed by atoms with E-state index in [0.29, 0.717) is 17.1 Å². The molecule has 0 spiro atoms. The summed E-state index contributed by atoms with van der Waals surface area (Å²) >= 11 is 9.31. The summed E-state index contributed by atoms with van der Waals surface area (Å²) in [5.41, 5.74) is 2.71. The van der Waals surface area contributed by atoms with Crippen LogP contribution in [-0.4, -0.2) is 10.5 Å². The van der Waals surface area contributed by atoms with Gasteiger partial charge in [-0.2, -0.15) is 0 Å². The van der Waals surface area contributed by atoms with Gasteiger partial charge in [0.15, 0.2) is 0 Å². The molecule has 0 atom stereocenters. The smallest absolute Gasteiger partial charge is 0.253 e. The Balaban J connectivity index is 1.82. The molecule has 0 fully saturated rings. The summed E-state index contributed by atoms with van der Waals surface area (Å²) in [5.74, 6) is -0.0807. The molecule has 0 unspecified atom stereocenters. The normalized spacial score (nSPS) is 10.9. The molecule has 2 aromatic carbocycles. The molecule has 1 N–H and O–H groups in total. The van der Waals surface area contributed by atoms with Crippen molar-refractivity contribution >= 4 is 44.3 Å². The van der Waals surface area contributed by atoms with Crippen LogP contribution in [0.4, 0.5) is 0 Å². The molecule has 1 amide bonds. The van der Waals surface area contributed by atoms with Crippen LogP contribution in [-0.2, 0) is 13.6 Å². The number of halogens is 2. The zero-order valence-corrected chi connectivity index (χ0v) is 14.3. The van der Waals surface area contributed by atoms with Crippen molar-refractivity contribution in [3.8, 4) is 0 Å². The van der Waals surface area contributed by atoms with Crippen LogP contribution in [0.25, 0.3) is 10.9 Å². The van der Waals surface area contributed by atoms with Crippen molar-refractivity contribution in [2.75, 3.05) is 0 Å². The fraction of sp³-hybridized carbons (Fsp3) is 0.118. The number of aromatic nitrogens is 1. The molecular weight excluding hydrogens is 364 g/mol. The number of aryl methyl sites for hydroxylation is 1. The minimum Gasteiger partial charge on any atom is -0.350 e. The minimum absolute atomic E-state index is 0.0807. The van der Waals surface area contributed by atoms with E-state index in [0.717, 1.165) is 20.9 Å². The van der Waals surface area contributed by atoms with Crippen molar-refractivity contribution in [1.82, 2.24) is 9.88 Å². The Morgan fingerprint density at radius 2 is 1.95 bits per heavy atom. The molecule has 0 aliphatic carbocycles. The second-order valence-corrected chi connectivity index (χ2v) is 6.48. The van der Waals surface area contributed by atoms with E-state index in [9.17, 15) is 4.79 Å². The van der Waals surface area contributed by atoms with Gasteiger partial charge in [-0.3, -0.25) is 4.79 Å². The van der Waals surface area contributed by atoms with Crippen LogP contribution in [0.3, 0.4) is 0 Å². The summed E-state index contributed by atoms with van der Waals surface area (Å²) in [5, 5.41) is 4.58. The minimum atomic E-state index is -0.0807. The lowest BCUT2D eigenvalue weighted by Gasteiger charge is -2.05. The summed E-state index contributed by atoms with van der Waals surface area (Å²) in [4.78, 5) is 12.4. The molecule has 0 radical (unpaired) electrons. The van der Waals surface area contributed by atoms with E-state index in [1.54, 1.807) is 0 Å². The number of nitrogens with one attached hydrogen (secondary N) is 1. The molecule has 3 rings (SSSR count). The number of hydrogen-bond donors (Lipinski definition) is 1. The Hall–Kier alpha value is -1.78. The van der Waals surface area contributed by atoms with Gasteiger partial charge in [-0.05, 0) is 29.8 Å². The molecule has 3 aromatic rings. The first-order chi connectivity index (χ1) is 10.5. The third-order valence-electron chi connectivity index (χ3n) is 3.56. The van der Waals surface area contributed by atoms with Crippen molar-refractivity contribution in [3.63, 3.8) is 0 Å². The molecule has 0 saturated carbocycles. The summed E-state index contributed by atoms with van der Waals surface area (Å²) < 4.78 is 2.95. The largest absolute Gasteiger partial charge is 0.350 e. The molecule has 1 aromatic heterocycles. The highest BCUT2D eigenvalue weighted by atomic mass is 79.9. The lowest BCUT2D eigenvalue weighted by atomic mass is 10.1. The van der Waals surface area contributed by atoms with Crippen LogP contribution in [0, 0.1) is 0 Å². The predicted octanol–water partition coefficient (Wildman–Crippen LogP) is 4.52. The molecule has 0 aliphatic rings. The lowest BCUT2D eigenvalue weighted by molar-refractivity contribution is 0.0952. The Morgan fingerprint density at radius 1 is 1.23 bits per heavy atom. The van der Waals surface area contributed by atoms with Crippen LogP contribution in [0.1, 0.15) is 15.9 Å². The van der Waals surface area contributed by atoms with E-state index in [1.165, 1.54) is 0 Å². The summed E-state index contributed by atoms with van der Waals surface area (Å²) in [6.45, 7) is 0.475. The third kappa shape index (κ3) is 3.03. The van der Waals surface area contributed by atoms with Gasteiger partial charge < -0.3 is 9.88 Å². The van der Waals surface area contributed by atoms with Crippen LogP contribution in [0.15, 0.2) is 53.1 Å². The fourth-order valence-electron chi connectivity index (χ4n) is 2.42. The van der Waals surface area contributed by atoms with E-state index >= 15 is 0 Å². The Morgan fingerprint density at radius 3 is 2.68 bits per heavy atom. The van der Waals surface area contributed by atoms with Gasteiger partial charge in [-0.15, -0.1) is 0 Å². The molecule has 1 heterocycles.